The van der Waals surface area contributed by atoms with Crippen molar-refractivity contribution < 1.29 is 0 Å². The highest BCUT2D eigenvalue weighted by Gasteiger charge is 2.32. The third-order valence-corrected chi connectivity index (χ3v) is 11.6. The van der Waals surface area contributed by atoms with Gasteiger partial charge in [-0.2, -0.15) is 9.97 Å². The van der Waals surface area contributed by atoms with Crippen LogP contribution in [-0.2, 0) is 0 Å². The van der Waals surface area contributed by atoms with Gasteiger partial charge in [-0.05, 0) is 94.3 Å². The van der Waals surface area contributed by atoms with Crippen LogP contribution in [0.5, 0.6) is 0 Å². The van der Waals surface area contributed by atoms with Gasteiger partial charge in [0.15, 0.2) is 11.6 Å². The molecule has 286 valence electrons. The Labute approximate surface area is 352 Å². The van der Waals surface area contributed by atoms with E-state index in [9.17, 15) is 0 Å². The Morgan fingerprint density at radius 2 is 0.820 bits per heavy atom. The molecule has 0 spiro atoms. The predicted octanol–water partition coefficient (Wildman–Crippen LogP) is 13.8. The molecule has 7 heteroatoms. The van der Waals surface area contributed by atoms with Gasteiger partial charge >= 0.3 is 0 Å². The second-order valence-electron chi connectivity index (χ2n) is 15.1. The van der Waals surface area contributed by atoms with Crippen LogP contribution in [0.15, 0.2) is 212 Å². The van der Waals surface area contributed by atoms with Gasteiger partial charge in [0.2, 0.25) is 5.95 Å². The number of para-hydroxylation sites is 7. The number of fused-ring (bicyclic) bond motifs is 5. The molecule has 9 aromatic carbocycles. The van der Waals surface area contributed by atoms with Crippen molar-refractivity contribution in [3.8, 4) is 39.9 Å². The van der Waals surface area contributed by atoms with Crippen LogP contribution >= 0.6 is 0 Å². The molecule has 11 aromatic rings. The molecular weight excluding hydrogens is 747 g/mol. The first-order valence-electron chi connectivity index (χ1n) is 20.4. The van der Waals surface area contributed by atoms with Crippen LogP contribution in [0.25, 0.3) is 72.4 Å². The zero-order chi connectivity index (χ0) is 40.3. The number of aromatic nitrogens is 5. The Kier molecular flexibility index (Phi) is 8.03. The summed E-state index contributed by atoms with van der Waals surface area (Å²) in [4.78, 5) is 25.6. The molecule has 61 heavy (non-hydrogen) atoms. The van der Waals surface area contributed by atoms with E-state index in [-0.39, 0.29) is 0 Å². The number of rotatable bonds is 6. The summed E-state index contributed by atoms with van der Waals surface area (Å²) in [6.07, 6.45) is 0. The lowest BCUT2D eigenvalue weighted by Gasteiger charge is -2.39. The van der Waals surface area contributed by atoms with Crippen molar-refractivity contribution in [2.75, 3.05) is 9.80 Å². The summed E-state index contributed by atoms with van der Waals surface area (Å²) >= 11 is 0. The van der Waals surface area contributed by atoms with Crippen molar-refractivity contribution in [2.45, 2.75) is 0 Å². The van der Waals surface area contributed by atoms with Gasteiger partial charge in [0.25, 0.3) is 0 Å². The van der Waals surface area contributed by atoms with Gasteiger partial charge in [-0.25, -0.2) is 9.97 Å². The molecule has 0 saturated carbocycles. The number of hydrogen-bond donors (Lipinski definition) is 0. The molecule has 0 radical (unpaired) electrons. The van der Waals surface area contributed by atoms with Gasteiger partial charge in [0, 0.05) is 28.1 Å². The second-order valence-corrected chi connectivity index (χ2v) is 15.1. The minimum atomic E-state index is 0.538. The van der Waals surface area contributed by atoms with Crippen LogP contribution in [0.2, 0.25) is 0 Å². The predicted molar refractivity (Wildman–Crippen MR) is 249 cm³/mol. The normalized spacial score (nSPS) is 12.2. The monoisotopic (exact) mass is 781 g/mol. The maximum absolute atomic E-state index is 5.35. The average molecular weight is 782 g/mol. The molecule has 0 fully saturated rings. The number of imidazole rings is 1. The topological polar surface area (TPSA) is 63.0 Å². The molecule has 0 saturated heterocycles. The van der Waals surface area contributed by atoms with Crippen LogP contribution in [0.4, 0.5) is 34.4 Å². The molecule has 2 aromatic heterocycles. The number of anilines is 6. The summed E-state index contributed by atoms with van der Waals surface area (Å²) < 4.78 is 2.24. The fourth-order valence-corrected chi connectivity index (χ4v) is 8.80. The standard InChI is InChI=1S/C54H35N7/c1-2-20-39(21-3-1)60-46-27-9-8-26-45(46)55-53(60)38-32-34-40(35-33-38)59-47-28-10-12-30-49(47)61(50-31-13-11-29-48(50)59)54-57-51(43-24-14-18-36-16-4-6-22-41(36)43)56-52(58-54)44-25-15-19-37-17-5-7-23-42(37)44/h1-35H. The quantitative estimate of drug-likeness (QED) is 0.167. The van der Waals surface area contributed by atoms with Crippen LogP contribution in [-0.4, -0.2) is 24.5 Å². The highest BCUT2D eigenvalue weighted by atomic mass is 15.3. The maximum atomic E-state index is 5.35. The average Bonchev–Trinajstić information content (AvgIpc) is 3.73. The summed E-state index contributed by atoms with van der Waals surface area (Å²) in [5.74, 6) is 2.65. The van der Waals surface area contributed by atoms with Crippen LogP contribution in [0.1, 0.15) is 0 Å². The first-order chi connectivity index (χ1) is 30.3. The van der Waals surface area contributed by atoms with E-state index < -0.39 is 0 Å². The van der Waals surface area contributed by atoms with Gasteiger partial charge in [-0.15, -0.1) is 0 Å². The molecule has 1 aliphatic rings. The summed E-state index contributed by atoms with van der Waals surface area (Å²) in [6, 6.07) is 73.8. The van der Waals surface area contributed by atoms with Crippen LogP contribution in [0.3, 0.4) is 0 Å². The molecule has 0 atom stereocenters. The molecule has 7 nitrogen and oxygen atoms in total. The van der Waals surface area contributed by atoms with E-state index in [2.05, 4.69) is 215 Å². The van der Waals surface area contributed by atoms with Gasteiger partial charge < -0.3 is 4.90 Å². The lowest BCUT2D eigenvalue weighted by atomic mass is 10.0. The zero-order valence-electron chi connectivity index (χ0n) is 32.8. The van der Waals surface area contributed by atoms with Crippen molar-refractivity contribution in [3.63, 3.8) is 0 Å². The van der Waals surface area contributed by atoms with Crippen molar-refractivity contribution in [3.05, 3.63) is 212 Å². The Morgan fingerprint density at radius 3 is 1.43 bits per heavy atom. The Bertz CT molecular complexity index is 3290. The maximum Gasteiger partial charge on any atom is 0.238 e. The van der Waals surface area contributed by atoms with Crippen molar-refractivity contribution in [2.24, 2.45) is 0 Å². The summed E-state index contributed by atoms with van der Waals surface area (Å²) in [6.45, 7) is 0. The first-order valence-corrected chi connectivity index (χ1v) is 20.4. The van der Waals surface area contributed by atoms with Crippen molar-refractivity contribution in [1.29, 1.82) is 0 Å². The molecule has 0 unspecified atom stereocenters. The Morgan fingerprint density at radius 1 is 0.328 bits per heavy atom. The number of benzene rings is 9. The van der Waals surface area contributed by atoms with Crippen LogP contribution in [0, 0.1) is 0 Å². The van der Waals surface area contributed by atoms with Crippen LogP contribution < -0.4 is 9.80 Å². The molecule has 0 N–H and O–H groups in total. The molecule has 1 aliphatic heterocycles. The van der Waals surface area contributed by atoms with E-state index >= 15 is 0 Å². The van der Waals surface area contributed by atoms with Gasteiger partial charge in [-0.1, -0.05) is 140 Å². The van der Waals surface area contributed by atoms with Gasteiger partial charge in [0.05, 0.1) is 33.8 Å². The zero-order valence-corrected chi connectivity index (χ0v) is 32.8. The minimum Gasteiger partial charge on any atom is -0.306 e. The molecule has 0 amide bonds. The van der Waals surface area contributed by atoms with Gasteiger partial charge in [-0.3, -0.25) is 9.47 Å². The molecule has 0 aliphatic carbocycles. The summed E-state index contributed by atoms with van der Waals surface area (Å²) in [5, 5.41) is 4.42. The van der Waals surface area contributed by atoms with E-state index in [1.807, 2.05) is 12.1 Å². The van der Waals surface area contributed by atoms with E-state index in [0.717, 1.165) is 89.2 Å². The third-order valence-electron chi connectivity index (χ3n) is 11.6. The van der Waals surface area contributed by atoms with Crippen molar-refractivity contribution >= 4 is 67.0 Å². The minimum absolute atomic E-state index is 0.538. The lowest BCUT2D eigenvalue weighted by Crippen LogP contribution is -2.25. The molecule has 0 bridgehead atoms. The molecule has 3 heterocycles. The fraction of sp³-hybridized carbons (Fsp3) is 0. The van der Waals surface area contributed by atoms with Crippen molar-refractivity contribution in [1.82, 2.24) is 24.5 Å². The summed E-state index contributed by atoms with van der Waals surface area (Å²) in [7, 11) is 0. The largest absolute Gasteiger partial charge is 0.306 e. The Balaban J connectivity index is 1.02. The van der Waals surface area contributed by atoms with E-state index in [1.165, 1.54) is 0 Å². The molecular formula is C54H35N7. The highest BCUT2D eigenvalue weighted by molar-refractivity contribution is 6.02. The molecule has 12 rings (SSSR count). The smallest absolute Gasteiger partial charge is 0.238 e. The third kappa shape index (κ3) is 5.74. The van der Waals surface area contributed by atoms with E-state index in [1.54, 1.807) is 0 Å². The van der Waals surface area contributed by atoms with E-state index in [0.29, 0.717) is 17.6 Å². The number of hydrogen-bond acceptors (Lipinski definition) is 6. The first kappa shape index (κ1) is 34.6. The lowest BCUT2D eigenvalue weighted by molar-refractivity contribution is 1.01. The number of nitrogens with zero attached hydrogens (tertiary/aromatic N) is 7. The summed E-state index contributed by atoms with van der Waals surface area (Å²) in [5.41, 5.74) is 10.9. The highest BCUT2D eigenvalue weighted by Crippen LogP contribution is 2.53. The van der Waals surface area contributed by atoms with E-state index in [4.69, 9.17) is 19.9 Å². The SMILES string of the molecule is c1ccc(-n2c(-c3ccc(N4c5ccccc5N(c5nc(-c6cccc7ccccc67)nc(-c6cccc7ccccc67)n5)c5ccccc54)cc3)nc3ccccc32)cc1. The fourth-order valence-electron chi connectivity index (χ4n) is 8.80. The Hall–Kier alpha value is -8.42. The second kappa shape index (κ2) is 14.1. The van der Waals surface area contributed by atoms with Gasteiger partial charge in [0.1, 0.15) is 5.82 Å².